The topological polar surface area (TPSA) is 113 Å². The molecular weight excluding hydrogens is 414 g/mol. The largest absolute Gasteiger partial charge is 0.481 e. The number of phosphoric acid groups is 2. The van der Waals surface area contributed by atoms with E-state index in [4.69, 9.17) is 14.3 Å². The van der Waals surface area contributed by atoms with Crippen LogP contribution >= 0.6 is 15.6 Å². The van der Waals surface area contributed by atoms with Gasteiger partial charge in [0.15, 0.2) is 0 Å². The number of hydrogen-bond donors (Lipinski definition) is 3. The summed E-state index contributed by atoms with van der Waals surface area (Å²) in [5.74, 6) is 1.45. The number of hydrogen-bond acceptors (Lipinski definition) is 4. The Bertz CT molecular complexity index is 686. The van der Waals surface area contributed by atoms with Gasteiger partial charge in [0.05, 0.1) is 6.61 Å². The minimum Gasteiger partial charge on any atom is -0.302 e. The van der Waals surface area contributed by atoms with Crippen LogP contribution in [-0.2, 0) is 18.0 Å². The molecule has 0 amide bonds. The van der Waals surface area contributed by atoms with Gasteiger partial charge in [-0.25, -0.2) is 9.13 Å². The zero-order chi connectivity index (χ0) is 22.1. The van der Waals surface area contributed by atoms with Gasteiger partial charge < -0.3 is 14.7 Å². The molecule has 0 spiro atoms. The molecular formula is C20H38O7P2. The lowest BCUT2D eigenvalue weighted by Gasteiger charge is -2.58. The highest BCUT2D eigenvalue weighted by atomic mass is 31.3. The van der Waals surface area contributed by atoms with Crippen LogP contribution in [0.5, 0.6) is 0 Å². The third-order valence-corrected chi connectivity index (χ3v) is 9.53. The zero-order valence-corrected chi connectivity index (χ0v) is 20.0. The van der Waals surface area contributed by atoms with Gasteiger partial charge in [0.25, 0.3) is 0 Å². The first-order valence-electron chi connectivity index (χ1n) is 10.6. The fourth-order valence-electron chi connectivity index (χ4n) is 5.93. The summed E-state index contributed by atoms with van der Waals surface area (Å²) in [6.07, 6.45) is 8.63. The van der Waals surface area contributed by atoms with Gasteiger partial charge in [-0.15, -0.1) is 0 Å². The molecule has 0 aliphatic heterocycles. The van der Waals surface area contributed by atoms with Gasteiger partial charge in [-0.1, -0.05) is 52.7 Å². The maximum atomic E-state index is 11.5. The Balaban J connectivity index is 1.88. The van der Waals surface area contributed by atoms with Crippen LogP contribution in [0.3, 0.4) is 0 Å². The van der Waals surface area contributed by atoms with Gasteiger partial charge >= 0.3 is 15.6 Å². The Morgan fingerprint density at radius 3 is 2.45 bits per heavy atom. The zero-order valence-electron chi connectivity index (χ0n) is 18.2. The van der Waals surface area contributed by atoms with Gasteiger partial charge in [0, 0.05) is 0 Å². The van der Waals surface area contributed by atoms with Gasteiger partial charge in [-0.05, 0) is 67.1 Å². The lowest BCUT2D eigenvalue weighted by atomic mass is 9.47. The van der Waals surface area contributed by atoms with E-state index in [1.54, 1.807) is 0 Å². The van der Waals surface area contributed by atoms with Crippen LogP contribution in [0.2, 0.25) is 0 Å². The number of fused-ring (bicyclic) bond motifs is 1. The van der Waals surface area contributed by atoms with E-state index in [-0.39, 0.29) is 17.9 Å². The molecule has 3 N–H and O–H groups in total. The first-order chi connectivity index (χ1) is 13.2. The summed E-state index contributed by atoms with van der Waals surface area (Å²) >= 11 is 0. The molecule has 0 bridgehead atoms. The Labute approximate surface area is 175 Å². The first kappa shape index (κ1) is 25.3. The van der Waals surface area contributed by atoms with Crippen LogP contribution in [0.1, 0.15) is 79.1 Å². The van der Waals surface area contributed by atoms with Gasteiger partial charge in [0.2, 0.25) is 0 Å². The van der Waals surface area contributed by atoms with E-state index in [0.717, 1.165) is 19.3 Å². The Morgan fingerprint density at radius 2 is 1.83 bits per heavy atom. The lowest BCUT2D eigenvalue weighted by Crippen LogP contribution is -2.49. The molecule has 0 aromatic rings. The van der Waals surface area contributed by atoms with Crippen molar-refractivity contribution < 1.29 is 32.6 Å². The number of allylic oxidation sites excluding steroid dienone is 1. The van der Waals surface area contributed by atoms with Crippen LogP contribution in [-0.4, -0.2) is 21.3 Å². The SMILES string of the molecule is C=C1CCC2C(C)(C)CCCC2(C)C1CCC(C)CCOP(=O)(O)OP(=O)(O)O. The molecule has 5 unspecified atom stereocenters. The van der Waals surface area contributed by atoms with Crippen molar-refractivity contribution in [1.29, 1.82) is 0 Å². The van der Waals surface area contributed by atoms with E-state index in [1.165, 1.54) is 31.3 Å². The van der Waals surface area contributed by atoms with Crippen molar-refractivity contribution in [2.45, 2.75) is 79.1 Å². The van der Waals surface area contributed by atoms with Crippen molar-refractivity contribution in [3.63, 3.8) is 0 Å². The normalized spacial score (nSPS) is 33.0. The van der Waals surface area contributed by atoms with E-state index in [0.29, 0.717) is 23.7 Å². The molecule has 0 aromatic heterocycles. The summed E-state index contributed by atoms with van der Waals surface area (Å²) < 4.78 is 30.7. The molecule has 2 fully saturated rings. The molecule has 9 heteroatoms. The minimum absolute atomic E-state index is 0.0898. The van der Waals surface area contributed by atoms with Crippen LogP contribution in [0.25, 0.3) is 0 Å². The smallest absolute Gasteiger partial charge is 0.302 e. The predicted molar refractivity (Wildman–Crippen MR) is 113 cm³/mol. The molecule has 2 aliphatic rings. The molecule has 0 radical (unpaired) electrons. The minimum atomic E-state index is -5.07. The Morgan fingerprint density at radius 1 is 1.17 bits per heavy atom. The monoisotopic (exact) mass is 452 g/mol. The van der Waals surface area contributed by atoms with Crippen molar-refractivity contribution in [2.75, 3.05) is 6.61 Å². The Kier molecular flexibility index (Phi) is 8.05. The quantitative estimate of drug-likeness (QED) is 0.298. The second-order valence-electron chi connectivity index (χ2n) is 10.00. The molecule has 2 saturated carbocycles. The van der Waals surface area contributed by atoms with Crippen molar-refractivity contribution in [2.24, 2.45) is 28.6 Å². The maximum absolute atomic E-state index is 11.5. The summed E-state index contributed by atoms with van der Waals surface area (Å²) in [5, 5.41) is 0. The predicted octanol–water partition coefficient (Wildman–Crippen LogP) is 5.82. The van der Waals surface area contributed by atoms with E-state index in [9.17, 15) is 14.0 Å². The fraction of sp³-hybridized carbons (Fsp3) is 0.900. The van der Waals surface area contributed by atoms with E-state index < -0.39 is 15.6 Å². The van der Waals surface area contributed by atoms with E-state index >= 15 is 0 Å². The van der Waals surface area contributed by atoms with Gasteiger partial charge in [0.1, 0.15) is 0 Å². The molecule has 0 heterocycles. The maximum Gasteiger partial charge on any atom is 0.481 e. The molecule has 2 aliphatic carbocycles. The van der Waals surface area contributed by atoms with Crippen molar-refractivity contribution in [3.8, 4) is 0 Å². The molecule has 170 valence electrons. The third-order valence-electron chi connectivity index (χ3n) is 7.34. The molecule has 0 saturated heterocycles. The summed E-state index contributed by atoms with van der Waals surface area (Å²) in [5.41, 5.74) is 2.01. The number of rotatable bonds is 9. The average molecular weight is 452 g/mol. The lowest BCUT2D eigenvalue weighted by molar-refractivity contribution is -0.0553. The van der Waals surface area contributed by atoms with Crippen LogP contribution < -0.4 is 0 Å². The van der Waals surface area contributed by atoms with Crippen LogP contribution in [0, 0.1) is 28.6 Å². The summed E-state index contributed by atoms with van der Waals surface area (Å²) in [4.78, 5) is 26.6. The van der Waals surface area contributed by atoms with Crippen molar-refractivity contribution in [1.82, 2.24) is 0 Å². The highest BCUT2D eigenvalue weighted by Gasteiger charge is 2.52. The average Bonchev–Trinajstić information content (AvgIpc) is 2.50. The third kappa shape index (κ3) is 6.74. The van der Waals surface area contributed by atoms with Crippen LogP contribution in [0.4, 0.5) is 0 Å². The number of phosphoric ester groups is 1. The van der Waals surface area contributed by atoms with Gasteiger partial charge in [-0.3, -0.25) is 4.52 Å². The molecule has 0 aromatic carbocycles. The van der Waals surface area contributed by atoms with Crippen molar-refractivity contribution >= 4 is 15.6 Å². The van der Waals surface area contributed by atoms with E-state index in [1.807, 2.05) is 0 Å². The highest BCUT2D eigenvalue weighted by molar-refractivity contribution is 7.60. The molecule has 5 atom stereocenters. The van der Waals surface area contributed by atoms with Gasteiger partial charge in [-0.2, -0.15) is 4.31 Å². The standard InChI is InChI=1S/C20H38O7P2/c1-15(11-14-26-29(24,25)27-28(21,22)23)7-9-17-16(2)8-10-18-19(3,4)12-6-13-20(17,18)5/h15,17-18H,2,6-14H2,1,3-5H3,(H,24,25)(H2,21,22,23). The van der Waals surface area contributed by atoms with Crippen LogP contribution in [0.15, 0.2) is 12.2 Å². The van der Waals surface area contributed by atoms with E-state index in [2.05, 4.69) is 38.6 Å². The molecule has 2 rings (SSSR count). The summed E-state index contributed by atoms with van der Waals surface area (Å²) in [6, 6.07) is 0. The second kappa shape index (κ2) is 9.24. The fourth-order valence-corrected chi connectivity index (χ4v) is 7.53. The summed E-state index contributed by atoms with van der Waals surface area (Å²) in [6.45, 7) is 13.6. The molecule has 7 nitrogen and oxygen atoms in total. The summed E-state index contributed by atoms with van der Waals surface area (Å²) in [7, 11) is -9.82. The first-order valence-corrected chi connectivity index (χ1v) is 13.6. The molecule has 29 heavy (non-hydrogen) atoms. The highest BCUT2D eigenvalue weighted by Crippen LogP contribution is 2.62. The Hall–Kier alpha value is -0.0000000000000000416. The van der Waals surface area contributed by atoms with Crippen molar-refractivity contribution in [3.05, 3.63) is 12.2 Å². The second-order valence-corrected chi connectivity index (χ2v) is 12.8.